The quantitative estimate of drug-likeness (QED) is 0.263. The van der Waals surface area contributed by atoms with Gasteiger partial charge in [0, 0.05) is 28.3 Å². The van der Waals surface area contributed by atoms with Crippen molar-refractivity contribution in [3.63, 3.8) is 0 Å². The minimum Gasteiger partial charge on any atom is -0.324 e. The molecule has 4 aromatic carbocycles. The molecule has 0 unspecified atom stereocenters. The molecule has 3 aromatic heterocycles. The Bertz CT molecular complexity index is 2070. The molecule has 0 fully saturated rings. The number of para-hydroxylation sites is 1. The Kier molecular flexibility index (Phi) is 5.42. The maximum atomic E-state index is 5.16. The van der Waals surface area contributed by atoms with Crippen molar-refractivity contribution in [2.45, 2.75) is 6.17 Å². The molecule has 4 heterocycles. The van der Waals surface area contributed by atoms with E-state index >= 15 is 0 Å². The van der Waals surface area contributed by atoms with Gasteiger partial charge in [-0.05, 0) is 29.8 Å². The average molecular weight is 529 g/mol. The zero-order valence-corrected chi connectivity index (χ0v) is 22.0. The Balaban J connectivity index is 1.32. The van der Waals surface area contributed by atoms with Crippen molar-refractivity contribution in [2.24, 2.45) is 9.98 Å². The number of hydrogen-bond donors (Lipinski definition) is 1. The van der Waals surface area contributed by atoms with Crippen LogP contribution in [0.5, 0.6) is 0 Å². The number of imidazole rings is 1. The molecular formula is C35H24N6. The van der Waals surface area contributed by atoms with E-state index in [2.05, 4.69) is 64.3 Å². The van der Waals surface area contributed by atoms with Crippen LogP contribution < -0.4 is 5.32 Å². The van der Waals surface area contributed by atoms with Gasteiger partial charge in [0.05, 0.1) is 16.7 Å². The minimum absolute atomic E-state index is 0.417. The third-order valence-electron chi connectivity index (χ3n) is 7.44. The van der Waals surface area contributed by atoms with E-state index in [9.17, 15) is 0 Å². The van der Waals surface area contributed by atoms with Gasteiger partial charge in [0.1, 0.15) is 22.8 Å². The highest BCUT2D eigenvalue weighted by Crippen LogP contribution is 2.35. The molecule has 8 rings (SSSR count). The van der Waals surface area contributed by atoms with Crippen LogP contribution in [0.2, 0.25) is 0 Å². The number of fused-ring (bicyclic) bond motifs is 5. The summed E-state index contributed by atoms with van der Waals surface area (Å²) in [6.45, 7) is 0. The SMILES string of the molecule is c1ccc(C2=NC(c3cccc(-c4nc5ccccc5c5nc6ccccn6c45)c3)N=C(c3ccccc3)N2)cc1. The van der Waals surface area contributed by atoms with E-state index in [0.29, 0.717) is 0 Å². The van der Waals surface area contributed by atoms with E-state index in [1.807, 2.05) is 79.0 Å². The van der Waals surface area contributed by atoms with Gasteiger partial charge >= 0.3 is 0 Å². The first kappa shape index (κ1) is 23.3. The van der Waals surface area contributed by atoms with Crippen molar-refractivity contribution in [3.05, 3.63) is 150 Å². The second kappa shape index (κ2) is 9.54. The first-order chi connectivity index (χ1) is 20.3. The molecule has 0 amide bonds. The molecule has 0 aliphatic carbocycles. The number of aromatic nitrogens is 3. The lowest BCUT2D eigenvalue weighted by Gasteiger charge is -2.22. The van der Waals surface area contributed by atoms with Gasteiger partial charge in [-0.25, -0.2) is 20.0 Å². The number of benzene rings is 4. The Labute approximate surface area is 236 Å². The lowest BCUT2D eigenvalue weighted by Crippen LogP contribution is -2.35. The third-order valence-corrected chi connectivity index (χ3v) is 7.44. The van der Waals surface area contributed by atoms with Crippen LogP contribution in [-0.2, 0) is 0 Å². The van der Waals surface area contributed by atoms with Gasteiger partial charge in [-0.1, -0.05) is 103 Å². The summed E-state index contributed by atoms with van der Waals surface area (Å²) in [7, 11) is 0. The predicted molar refractivity (Wildman–Crippen MR) is 165 cm³/mol. The fourth-order valence-corrected chi connectivity index (χ4v) is 5.49. The van der Waals surface area contributed by atoms with Crippen LogP contribution in [0.4, 0.5) is 0 Å². The van der Waals surface area contributed by atoms with Gasteiger partial charge in [0.15, 0.2) is 6.17 Å². The lowest BCUT2D eigenvalue weighted by molar-refractivity contribution is 0.756. The molecule has 1 aliphatic rings. The van der Waals surface area contributed by atoms with Crippen LogP contribution in [0, 0.1) is 0 Å². The standard InChI is InChI=1S/C35H24N6/c1-3-12-23(13-4-1)33-38-34(24-14-5-2-6-15-24)40-35(39-33)26-17-11-16-25(22-26)30-32-31(27-18-7-8-19-28(27)36-30)37-29-20-9-10-21-41(29)32/h1-22,35H,(H,38,39,40). The van der Waals surface area contributed by atoms with Gasteiger partial charge in [-0.15, -0.1) is 0 Å². The minimum atomic E-state index is -0.417. The van der Waals surface area contributed by atoms with Crippen molar-refractivity contribution in [1.82, 2.24) is 19.7 Å². The topological polar surface area (TPSA) is 66.9 Å². The molecule has 7 aromatic rings. The van der Waals surface area contributed by atoms with Crippen molar-refractivity contribution >= 4 is 39.3 Å². The van der Waals surface area contributed by atoms with E-state index in [4.69, 9.17) is 20.0 Å². The smallest absolute Gasteiger partial charge is 0.169 e. The Morgan fingerprint density at radius 1 is 0.585 bits per heavy atom. The van der Waals surface area contributed by atoms with Crippen LogP contribution in [-0.4, -0.2) is 26.0 Å². The number of pyridine rings is 2. The van der Waals surface area contributed by atoms with Crippen molar-refractivity contribution in [3.8, 4) is 11.3 Å². The van der Waals surface area contributed by atoms with Crippen molar-refractivity contribution < 1.29 is 0 Å². The number of nitrogens with one attached hydrogen (secondary N) is 1. The zero-order valence-electron chi connectivity index (χ0n) is 22.0. The fourth-order valence-electron chi connectivity index (χ4n) is 5.49. The van der Waals surface area contributed by atoms with Crippen LogP contribution in [0.15, 0.2) is 144 Å². The zero-order chi connectivity index (χ0) is 27.2. The van der Waals surface area contributed by atoms with E-state index in [-0.39, 0.29) is 0 Å². The lowest BCUT2D eigenvalue weighted by atomic mass is 10.0. The summed E-state index contributed by atoms with van der Waals surface area (Å²) in [6, 6.07) is 43.0. The van der Waals surface area contributed by atoms with Crippen molar-refractivity contribution in [1.29, 1.82) is 0 Å². The normalized spacial score (nSPS) is 13.8. The number of nitrogens with zero attached hydrogens (tertiary/aromatic N) is 5. The summed E-state index contributed by atoms with van der Waals surface area (Å²) < 4.78 is 2.12. The van der Waals surface area contributed by atoms with Crippen LogP contribution in [0.3, 0.4) is 0 Å². The first-order valence-corrected chi connectivity index (χ1v) is 13.6. The molecule has 0 spiro atoms. The monoisotopic (exact) mass is 528 g/mol. The molecule has 1 aliphatic heterocycles. The Morgan fingerprint density at radius 3 is 2.00 bits per heavy atom. The van der Waals surface area contributed by atoms with Crippen LogP contribution in [0.25, 0.3) is 38.8 Å². The molecule has 6 heteroatoms. The second-order valence-electron chi connectivity index (χ2n) is 10.0. The Morgan fingerprint density at radius 2 is 1.24 bits per heavy atom. The van der Waals surface area contributed by atoms with E-state index in [0.717, 1.165) is 67.2 Å². The highest BCUT2D eigenvalue weighted by atomic mass is 15.2. The predicted octanol–water partition coefficient (Wildman–Crippen LogP) is 7.20. The molecule has 0 saturated heterocycles. The van der Waals surface area contributed by atoms with E-state index in [1.54, 1.807) is 0 Å². The van der Waals surface area contributed by atoms with Gasteiger partial charge in [0.2, 0.25) is 0 Å². The van der Waals surface area contributed by atoms with Gasteiger partial charge in [-0.2, -0.15) is 0 Å². The van der Waals surface area contributed by atoms with Gasteiger partial charge in [0.25, 0.3) is 0 Å². The number of rotatable bonds is 4. The summed E-state index contributed by atoms with van der Waals surface area (Å²) in [4.78, 5) is 20.3. The molecule has 1 N–H and O–H groups in total. The second-order valence-corrected chi connectivity index (χ2v) is 10.0. The molecule has 0 atom stereocenters. The average Bonchev–Trinajstić information content (AvgIpc) is 3.45. The maximum Gasteiger partial charge on any atom is 0.169 e. The Hall–Kier alpha value is -5.62. The molecule has 0 saturated carbocycles. The summed E-state index contributed by atoms with van der Waals surface area (Å²) in [5, 5.41) is 4.51. The molecule has 0 bridgehead atoms. The molecule has 194 valence electrons. The van der Waals surface area contributed by atoms with Crippen molar-refractivity contribution in [2.75, 3.05) is 0 Å². The van der Waals surface area contributed by atoms with Gasteiger partial charge < -0.3 is 5.32 Å². The number of hydrogen-bond acceptors (Lipinski definition) is 5. The third kappa shape index (κ3) is 4.05. The van der Waals surface area contributed by atoms with E-state index < -0.39 is 6.17 Å². The molecule has 41 heavy (non-hydrogen) atoms. The van der Waals surface area contributed by atoms with E-state index in [1.165, 1.54) is 0 Å². The molecule has 6 nitrogen and oxygen atoms in total. The maximum absolute atomic E-state index is 5.16. The van der Waals surface area contributed by atoms with Crippen LogP contribution >= 0.6 is 0 Å². The van der Waals surface area contributed by atoms with Crippen LogP contribution in [0.1, 0.15) is 22.9 Å². The summed E-state index contributed by atoms with van der Waals surface area (Å²) in [5.74, 6) is 1.59. The first-order valence-electron chi connectivity index (χ1n) is 13.6. The summed E-state index contributed by atoms with van der Waals surface area (Å²) in [6.07, 6.45) is 1.63. The van der Waals surface area contributed by atoms with Gasteiger partial charge in [-0.3, -0.25) is 4.40 Å². The number of aliphatic imine (C=N–C) groups is 2. The summed E-state index contributed by atoms with van der Waals surface area (Å²) >= 11 is 0. The molecule has 0 radical (unpaired) electrons. The number of amidine groups is 2. The molecular weight excluding hydrogens is 504 g/mol. The highest BCUT2D eigenvalue weighted by Gasteiger charge is 2.22. The highest BCUT2D eigenvalue weighted by molar-refractivity contribution is 6.16. The largest absolute Gasteiger partial charge is 0.324 e. The summed E-state index contributed by atoms with van der Waals surface area (Å²) in [5.41, 5.74) is 8.64. The fraction of sp³-hybridized carbons (Fsp3) is 0.0286.